The summed E-state index contributed by atoms with van der Waals surface area (Å²) in [5.41, 5.74) is 8.33. The molecule has 2 aromatic heterocycles. The number of anilines is 6. The summed E-state index contributed by atoms with van der Waals surface area (Å²) < 4.78 is 9.14. The van der Waals surface area contributed by atoms with Crippen molar-refractivity contribution in [3.8, 4) is 0 Å². The van der Waals surface area contributed by atoms with E-state index in [4.69, 9.17) is 4.42 Å². The van der Waals surface area contributed by atoms with E-state index in [9.17, 15) is 0 Å². The van der Waals surface area contributed by atoms with Crippen LogP contribution in [0.15, 0.2) is 211 Å². The highest BCUT2D eigenvalue weighted by atomic mass is 32.1. The summed E-state index contributed by atoms with van der Waals surface area (Å²) in [5.74, 6) is 0. The van der Waals surface area contributed by atoms with E-state index in [1.807, 2.05) is 17.4 Å². The zero-order valence-corrected chi connectivity index (χ0v) is 32.2. The number of nitrogens with zero attached hydrogens (tertiary/aromatic N) is 2. The van der Waals surface area contributed by atoms with Crippen molar-refractivity contribution in [2.24, 2.45) is 0 Å². The Morgan fingerprint density at radius 2 is 0.948 bits per heavy atom. The van der Waals surface area contributed by atoms with Crippen molar-refractivity contribution in [3.63, 3.8) is 0 Å². The van der Waals surface area contributed by atoms with Crippen molar-refractivity contribution < 1.29 is 4.42 Å². The number of furan rings is 1. The highest BCUT2D eigenvalue weighted by Crippen LogP contribution is 2.49. The van der Waals surface area contributed by atoms with Gasteiger partial charge in [0.25, 0.3) is 0 Å². The summed E-state index contributed by atoms with van der Waals surface area (Å²) >= 11 is 1.88. The standard InChI is InChI=1S/C54H34N2OS/c1-3-16-37(17-4-1)55(39-27-26-35-14-7-8-15-36(35)32-39)40-28-30-46-48(33-40)42-20-9-10-22-44(42)52-47-31-29-41(34-51(47)58-54(46)52)56(38-18-5-2-6-19-38)49-24-13-23-45-43-21-11-12-25-50(43)57-53(45)49/h1-34H. The van der Waals surface area contributed by atoms with Crippen LogP contribution < -0.4 is 9.80 Å². The molecule has 0 spiro atoms. The fourth-order valence-electron chi connectivity index (χ4n) is 8.96. The van der Waals surface area contributed by atoms with Crippen LogP contribution in [0.5, 0.6) is 0 Å². The van der Waals surface area contributed by atoms with Crippen LogP contribution in [0.1, 0.15) is 0 Å². The molecular formula is C54H34N2OS. The molecule has 0 radical (unpaired) electrons. The second-order valence-corrected chi connectivity index (χ2v) is 15.9. The predicted molar refractivity (Wildman–Crippen MR) is 248 cm³/mol. The van der Waals surface area contributed by atoms with E-state index in [-0.39, 0.29) is 0 Å². The van der Waals surface area contributed by atoms with Gasteiger partial charge < -0.3 is 14.2 Å². The molecule has 0 N–H and O–H groups in total. The van der Waals surface area contributed by atoms with E-state index in [0.717, 1.165) is 56.1 Å². The second kappa shape index (κ2) is 13.1. The second-order valence-electron chi connectivity index (χ2n) is 14.9. The summed E-state index contributed by atoms with van der Waals surface area (Å²) in [4.78, 5) is 4.71. The van der Waals surface area contributed by atoms with Crippen molar-refractivity contribution in [1.29, 1.82) is 0 Å². The molecule has 10 aromatic carbocycles. The summed E-state index contributed by atoms with van der Waals surface area (Å²) in [6, 6.07) is 74.3. The third kappa shape index (κ3) is 5.12. The molecule has 0 unspecified atom stereocenters. The number of benzene rings is 10. The zero-order valence-electron chi connectivity index (χ0n) is 31.3. The number of para-hydroxylation sites is 4. The molecule has 12 rings (SSSR count). The van der Waals surface area contributed by atoms with Crippen LogP contribution in [0, 0.1) is 0 Å². The monoisotopic (exact) mass is 758 g/mol. The molecule has 0 aliphatic carbocycles. The molecule has 0 bridgehead atoms. The third-order valence-corrected chi connectivity index (χ3v) is 12.8. The Hall–Kier alpha value is -7.40. The van der Waals surface area contributed by atoms with Crippen LogP contribution in [-0.2, 0) is 0 Å². The summed E-state index contributed by atoms with van der Waals surface area (Å²) in [6.07, 6.45) is 0. The van der Waals surface area contributed by atoms with Gasteiger partial charge in [0.1, 0.15) is 5.58 Å². The number of hydrogen-bond acceptors (Lipinski definition) is 4. The molecule has 2 heterocycles. The number of rotatable bonds is 6. The fraction of sp³-hybridized carbons (Fsp3) is 0. The van der Waals surface area contributed by atoms with Crippen LogP contribution in [-0.4, -0.2) is 0 Å². The van der Waals surface area contributed by atoms with Gasteiger partial charge in [0.05, 0.1) is 5.69 Å². The summed E-state index contributed by atoms with van der Waals surface area (Å²) in [7, 11) is 0. The molecule has 12 aromatic rings. The molecule has 4 heteroatoms. The van der Waals surface area contributed by atoms with Crippen LogP contribution in [0.3, 0.4) is 0 Å². The smallest absolute Gasteiger partial charge is 0.159 e. The Morgan fingerprint density at radius 1 is 0.345 bits per heavy atom. The minimum atomic E-state index is 0.880. The first-order chi connectivity index (χ1) is 28.8. The van der Waals surface area contributed by atoms with E-state index < -0.39 is 0 Å². The average Bonchev–Trinajstić information content (AvgIpc) is 3.87. The molecule has 0 aliphatic heterocycles. The van der Waals surface area contributed by atoms with E-state index in [2.05, 4.69) is 210 Å². The molecule has 3 nitrogen and oxygen atoms in total. The highest BCUT2D eigenvalue weighted by molar-refractivity contribution is 7.27. The van der Waals surface area contributed by atoms with Gasteiger partial charge >= 0.3 is 0 Å². The van der Waals surface area contributed by atoms with Crippen molar-refractivity contribution in [2.45, 2.75) is 0 Å². The Balaban J connectivity index is 1.07. The van der Waals surface area contributed by atoms with Gasteiger partial charge in [-0.25, -0.2) is 0 Å². The molecule has 0 atom stereocenters. The first-order valence-corrected chi connectivity index (χ1v) is 20.5. The van der Waals surface area contributed by atoms with E-state index in [1.54, 1.807) is 0 Å². The van der Waals surface area contributed by atoms with Gasteiger partial charge in [-0.1, -0.05) is 133 Å². The first kappa shape index (κ1) is 32.8. The Bertz CT molecular complexity index is 3530. The number of hydrogen-bond donors (Lipinski definition) is 0. The van der Waals surface area contributed by atoms with Crippen LogP contribution in [0.2, 0.25) is 0 Å². The summed E-state index contributed by atoms with van der Waals surface area (Å²) in [5, 5.41) is 12.3. The molecule has 0 saturated carbocycles. The van der Waals surface area contributed by atoms with Crippen molar-refractivity contribution in [2.75, 3.05) is 9.80 Å². The maximum atomic E-state index is 6.60. The third-order valence-electron chi connectivity index (χ3n) is 11.6. The van der Waals surface area contributed by atoms with Crippen molar-refractivity contribution >= 4 is 120 Å². The molecule has 0 fully saturated rings. The number of fused-ring (bicyclic) bond motifs is 12. The minimum Gasteiger partial charge on any atom is -0.454 e. The average molecular weight is 759 g/mol. The predicted octanol–water partition coefficient (Wildman–Crippen LogP) is 16.4. The van der Waals surface area contributed by atoms with Crippen LogP contribution >= 0.6 is 11.3 Å². The Morgan fingerprint density at radius 3 is 1.76 bits per heavy atom. The van der Waals surface area contributed by atoms with Gasteiger partial charge in [0.2, 0.25) is 0 Å². The molecule has 0 saturated heterocycles. The lowest BCUT2D eigenvalue weighted by atomic mass is 9.96. The summed E-state index contributed by atoms with van der Waals surface area (Å²) in [6.45, 7) is 0. The topological polar surface area (TPSA) is 19.6 Å². The first-order valence-electron chi connectivity index (χ1n) is 19.7. The molecule has 272 valence electrons. The van der Waals surface area contributed by atoms with Crippen LogP contribution in [0.25, 0.3) is 74.4 Å². The van der Waals surface area contributed by atoms with Gasteiger partial charge in [-0.05, 0) is 99.7 Å². The lowest BCUT2D eigenvalue weighted by Gasteiger charge is -2.26. The Labute approximate surface area is 338 Å². The van der Waals surface area contributed by atoms with Gasteiger partial charge in [-0.2, -0.15) is 0 Å². The molecule has 0 amide bonds. The number of thiophene rings is 1. The molecule has 0 aliphatic rings. The van der Waals surface area contributed by atoms with E-state index in [0.29, 0.717) is 0 Å². The normalized spacial score (nSPS) is 11.8. The largest absolute Gasteiger partial charge is 0.454 e. The van der Waals surface area contributed by atoms with Crippen molar-refractivity contribution in [1.82, 2.24) is 0 Å². The maximum absolute atomic E-state index is 6.60. The van der Waals surface area contributed by atoms with Gasteiger partial charge in [0.15, 0.2) is 5.58 Å². The Kier molecular flexibility index (Phi) is 7.40. The molecular weight excluding hydrogens is 725 g/mol. The lowest BCUT2D eigenvalue weighted by molar-refractivity contribution is 0.669. The zero-order chi connectivity index (χ0) is 38.2. The van der Waals surface area contributed by atoms with Crippen LogP contribution in [0.4, 0.5) is 34.1 Å². The van der Waals surface area contributed by atoms with Gasteiger partial charge in [-0.3, -0.25) is 0 Å². The van der Waals surface area contributed by atoms with Gasteiger partial charge in [0, 0.05) is 64.8 Å². The maximum Gasteiger partial charge on any atom is 0.159 e. The molecule has 58 heavy (non-hydrogen) atoms. The lowest BCUT2D eigenvalue weighted by Crippen LogP contribution is -2.09. The minimum absolute atomic E-state index is 0.880. The van der Waals surface area contributed by atoms with E-state index >= 15 is 0 Å². The SMILES string of the molecule is c1ccc(N(c2ccc3ccccc3c2)c2ccc3c(c2)c2ccccc2c2c4ccc(N(c5ccccc5)c5cccc6c5oc5ccccc56)cc4sc32)cc1. The highest BCUT2D eigenvalue weighted by Gasteiger charge is 2.22. The fourth-order valence-corrected chi connectivity index (χ4v) is 10.3. The quantitative estimate of drug-likeness (QED) is 0.157. The van der Waals surface area contributed by atoms with E-state index in [1.165, 1.54) is 52.5 Å². The van der Waals surface area contributed by atoms with Crippen molar-refractivity contribution in [3.05, 3.63) is 206 Å². The van der Waals surface area contributed by atoms with Gasteiger partial charge in [-0.15, -0.1) is 11.3 Å².